The summed E-state index contributed by atoms with van der Waals surface area (Å²) in [7, 11) is 1.28. The molecule has 0 heterocycles. The Morgan fingerprint density at radius 2 is 2.00 bits per heavy atom. The fourth-order valence-corrected chi connectivity index (χ4v) is 1.71. The second kappa shape index (κ2) is 6.96. The van der Waals surface area contributed by atoms with Gasteiger partial charge in [-0.15, -0.1) is 0 Å². The van der Waals surface area contributed by atoms with Crippen LogP contribution in [0.1, 0.15) is 16.8 Å². The van der Waals surface area contributed by atoms with Crippen molar-refractivity contribution in [1.82, 2.24) is 5.32 Å². The molecule has 1 rings (SSSR count). The number of methoxy groups -OCH3 is 1. The van der Waals surface area contributed by atoms with Gasteiger partial charge in [-0.3, -0.25) is 4.79 Å². The molecule has 0 aliphatic heterocycles. The Morgan fingerprint density at radius 3 is 2.50 bits per heavy atom. The molecule has 0 unspecified atom stereocenters. The standard InChI is InChI=1S/C13H14BrNO3/c1-9(14)8-11(13(17)18-2)15-12(16)10-6-4-3-5-7-10/h3-7,11H,1,8H2,2H3,(H,15,16)/t11-/m0/s1. The molecule has 1 amide bonds. The van der Waals surface area contributed by atoms with Gasteiger partial charge in [0.15, 0.2) is 0 Å². The van der Waals surface area contributed by atoms with Crippen LogP contribution in [0.5, 0.6) is 0 Å². The van der Waals surface area contributed by atoms with Gasteiger partial charge in [0, 0.05) is 12.0 Å². The predicted molar refractivity (Wildman–Crippen MR) is 72.4 cm³/mol. The van der Waals surface area contributed by atoms with E-state index in [9.17, 15) is 9.59 Å². The van der Waals surface area contributed by atoms with E-state index in [4.69, 9.17) is 0 Å². The third-order valence-electron chi connectivity index (χ3n) is 2.25. The number of nitrogens with one attached hydrogen (secondary N) is 1. The molecule has 96 valence electrons. The first kappa shape index (κ1) is 14.4. The van der Waals surface area contributed by atoms with Crippen molar-refractivity contribution in [2.24, 2.45) is 0 Å². The van der Waals surface area contributed by atoms with Crippen molar-refractivity contribution in [3.05, 3.63) is 47.0 Å². The maximum Gasteiger partial charge on any atom is 0.328 e. The molecule has 1 N–H and O–H groups in total. The number of hydrogen-bond acceptors (Lipinski definition) is 3. The van der Waals surface area contributed by atoms with Crippen molar-refractivity contribution in [3.63, 3.8) is 0 Å². The fraction of sp³-hybridized carbons (Fsp3) is 0.231. The van der Waals surface area contributed by atoms with Crippen LogP contribution in [0.15, 0.2) is 41.4 Å². The molecule has 0 saturated heterocycles. The Hall–Kier alpha value is -1.62. The smallest absolute Gasteiger partial charge is 0.328 e. The first-order valence-electron chi connectivity index (χ1n) is 5.31. The Kier molecular flexibility index (Phi) is 5.58. The molecule has 0 saturated carbocycles. The van der Waals surface area contributed by atoms with Crippen LogP contribution in [0.3, 0.4) is 0 Å². The maximum absolute atomic E-state index is 11.9. The van der Waals surface area contributed by atoms with Crippen LogP contribution in [0.25, 0.3) is 0 Å². The Bertz CT molecular complexity index is 445. The van der Waals surface area contributed by atoms with Gasteiger partial charge in [0.2, 0.25) is 0 Å². The molecule has 0 spiro atoms. The molecule has 0 bridgehead atoms. The Labute approximate surface area is 114 Å². The van der Waals surface area contributed by atoms with Crippen LogP contribution in [-0.2, 0) is 9.53 Å². The summed E-state index contributed by atoms with van der Waals surface area (Å²) in [6.07, 6.45) is 0.283. The predicted octanol–water partition coefficient (Wildman–Crippen LogP) is 2.26. The number of rotatable bonds is 5. The quantitative estimate of drug-likeness (QED) is 0.849. The van der Waals surface area contributed by atoms with Gasteiger partial charge >= 0.3 is 5.97 Å². The topological polar surface area (TPSA) is 55.4 Å². The van der Waals surface area contributed by atoms with Crippen molar-refractivity contribution in [2.45, 2.75) is 12.5 Å². The molecule has 0 aliphatic carbocycles. The fourth-order valence-electron chi connectivity index (χ4n) is 1.39. The van der Waals surface area contributed by atoms with E-state index in [1.165, 1.54) is 7.11 Å². The summed E-state index contributed by atoms with van der Waals surface area (Å²) >= 11 is 3.17. The monoisotopic (exact) mass is 311 g/mol. The molecule has 1 aromatic rings. The number of ether oxygens (including phenoxy) is 1. The lowest BCUT2D eigenvalue weighted by molar-refractivity contribution is -0.142. The van der Waals surface area contributed by atoms with Crippen LogP contribution in [0, 0.1) is 0 Å². The number of esters is 1. The van der Waals surface area contributed by atoms with Crippen LogP contribution in [0.2, 0.25) is 0 Å². The summed E-state index contributed by atoms with van der Waals surface area (Å²) < 4.78 is 5.25. The van der Waals surface area contributed by atoms with E-state index in [1.54, 1.807) is 24.3 Å². The van der Waals surface area contributed by atoms with Crippen LogP contribution in [0.4, 0.5) is 0 Å². The molecule has 18 heavy (non-hydrogen) atoms. The second-order valence-electron chi connectivity index (χ2n) is 3.64. The van der Waals surface area contributed by atoms with Gasteiger partial charge in [-0.25, -0.2) is 4.79 Å². The van der Waals surface area contributed by atoms with E-state index >= 15 is 0 Å². The summed E-state index contributed by atoms with van der Waals surface area (Å²) in [5.74, 6) is -0.820. The summed E-state index contributed by atoms with van der Waals surface area (Å²) in [4.78, 5) is 23.4. The lowest BCUT2D eigenvalue weighted by Crippen LogP contribution is -2.41. The summed E-state index contributed by atoms with van der Waals surface area (Å²) in [6.45, 7) is 3.65. The molecule has 0 aliphatic rings. The van der Waals surface area contributed by atoms with Gasteiger partial charge in [-0.2, -0.15) is 0 Å². The van der Waals surface area contributed by atoms with E-state index in [0.717, 1.165) is 0 Å². The minimum Gasteiger partial charge on any atom is -0.467 e. The van der Waals surface area contributed by atoms with E-state index in [-0.39, 0.29) is 12.3 Å². The molecule has 1 atom stereocenters. The average molecular weight is 312 g/mol. The first-order valence-corrected chi connectivity index (χ1v) is 6.11. The highest BCUT2D eigenvalue weighted by molar-refractivity contribution is 9.11. The summed E-state index contributed by atoms with van der Waals surface area (Å²) in [6, 6.07) is 7.93. The van der Waals surface area contributed by atoms with E-state index in [2.05, 4.69) is 32.6 Å². The zero-order valence-corrected chi connectivity index (χ0v) is 11.6. The van der Waals surface area contributed by atoms with Gasteiger partial charge < -0.3 is 10.1 Å². The van der Waals surface area contributed by atoms with Crippen molar-refractivity contribution < 1.29 is 14.3 Å². The number of halogens is 1. The summed E-state index contributed by atoms with van der Waals surface area (Å²) in [5.41, 5.74) is 0.492. The lowest BCUT2D eigenvalue weighted by atomic mass is 10.1. The Morgan fingerprint density at radius 1 is 1.39 bits per heavy atom. The van der Waals surface area contributed by atoms with Crippen molar-refractivity contribution in [3.8, 4) is 0 Å². The van der Waals surface area contributed by atoms with Crippen LogP contribution in [-0.4, -0.2) is 25.0 Å². The third-order valence-corrected chi connectivity index (χ3v) is 2.58. The van der Waals surface area contributed by atoms with Gasteiger partial charge in [-0.05, 0) is 16.6 Å². The van der Waals surface area contributed by atoms with Crippen molar-refractivity contribution >= 4 is 27.8 Å². The molecule has 1 aromatic carbocycles. The zero-order chi connectivity index (χ0) is 13.5. The van der Waals surface area contributed by atoms with E-state index in [1.807, 2.05) is 6.07 Å². The molecule has 5 heteroatoms. The van der Waals surface area contributed by atoms with E-state index in [0.29, 0.717) is 10.0 Å². The van der Waals surface area contributed by atoms with Crippen molar-refractivity contribution in [1.29, 1.82) is 0 Å². The van der Waals surface area contributed by atoms with Crippen molar-refractivity contribution in [2.75, 3.05) is 7.11 Å². The maximum atomic E-state index is 11.9. The minimum atomic E-state index is -0.741. The van der Waals surface area contributed by atoms with Crippen LogP contribution >= 0.6 is 15.9 Å². The molecular weight excluding hydrogens is 298 g/mol. The number of benzene rings is 1. The van der Waals surface area contributed by atoms with Crippen LogP contribution < -0.4 is 5.32 Å². The SMILES string of the molecule is C=C(Br)C[C@H](NC(=O)c1ccccc1)C(=O)OC. The second-order valence-corrected chi connectivity index (χ2v) is 4.76. The third kappa shape index (κ3) is 4.33. The highest BCUT2D eigenvalue weighted by atomic mass is 79.9. The van der Waals surface area contributed by atoms with Gasteiger partial charge in [0.25, 0.3) is 5.91 Å². The number of hydrogen-bond donors (Lipinski definition) is 1. The normalized spacial score (nSPS) is 11.4. The largest absolute Gasteiger partial charge is 0.467 e. The van der Waals surface area contributed by atoms with E-state index < -0.39 is 12.0 Å². The average Bonchev–Trinajstić information content (AvgIpc) is 2.37. The number of carbonyl (C=O) groups is 2. The Balaban J connectivity index is 2.74. The minimum absolute atomic E-state index is 0.283. The van der Waals surface area contributed by atoms with Gasteiger partial charge in [-0.1, -0.05) is 40.7 Å². The van der Waals surface area contributed by atoms with Gasteiger partial charge in [0.1, 0.15) is 6.04 Å². The zero-order valence-electron chi connectivity index (χ0n) is 9.98. The highest BCUT2D eigenvalue weighted by Gasteiger charge is 2.22. The number of carbonyl (C=O) groups excluding carboxylic acids is 2. The molecular formula is C13H14BrNO3. The summed E-state index contributed by atoms with van der Waals surface area (Å²) in [5, 5.41) is 2.61. The number of amides is 1. The molecule has 0 aromatic heterocycles. The molecule has 0 radical (unpaired) electrons. The van der Waals surface area contributed by atoms with Gasteiger partial charge in [0.05, 0.1) is 7.11 Å². The lowest BCUT2D eigenvalue weighted by Gasteiger charge is -2.15. The highest BCUT2D eigenvalue weighted by Crippen LogP contribution is 2.11. The molecule has 0 fully saturated rings. The first-order chi connectivity index (χ1) is 8.54. The molecule has 4 nitrogen and oxygen atoms in total.